The van der Waals surface area contributed by atoms with Crippen LogP contribution in [0.3, 0.4) is 0 Å². The van der Waals surface area contributed by atoms with Gasteiger partial charge in [0.25, 0.3) is 0 Å². The number of fused-ring (bicyclic) bond motifs is 3. The molecule has 0 saturated carbocycles. The lowest BCUT2D eigenvalue weighted by Gasteiger charge is -2.42. The normalized spacial score (nSPS) is 19.2. The lowest BCUT2D eigenvalue weighted by Crippen LogP contribution is -2.37. The van der Waals surface area contributed by atoms with Crippen LogP contribution in [-0.4, -0.2) is 21.8 Å². The smallest absolute Gasteiger partial charge is 0.229 e. The second kappa shape index (κ2) is 7.40. The average Bonchev–Trinajstić information content (AvgIpc) is 3.30. The number of aromatic nitrogens is 3. The van der Waals surface area contributed by atoms with Gasteiger partial charge in [-0.15, -0.1) is 0 Å². The summed E-state index contributed by atoms with van der Waals surface area (Å²) in [5.74, 6) is 1.61. The van der Waals surface area contributed by atoms with Crippen LogP contribution in [0.2, 0.25) is 10.0 Å². The number of hydrogen-bond donors (Lipinski definition) is 0. The molecule has 5 nitrogen and oxygen atoms in total. The molecule has 0 amide bonds. The lowest BCUT2D eigenvalue weighted by molar-refractivity contribution is 0.222. The molecular weight excluding hydrogens is 443 g/mol. The maximum Gasteiger partial charge on any atom is 0.229 e. The highest BCUT2D eigenvalue weighted by Gasteiger charge is 2.42. The van der Waals surface area contributed by atoms with Crippen molar-refractivity contribution in [2.24, 2.45) is 0 Å². The second-order valence-electron chi connectivity index (χ2n) is 7.87. The Morgan fingerprint density at radius 1 is 0.844 bits per heavy atom. The van der Waals surface area contributed by atoms with Crippen molar-refractivity contribution in [3.8, 4) is 5.75 Å². The molecule has 0 radical (unpaired) electrons. The van der Waals surface area contributed by atoms with E-state index in [4.69, 9.17) is 27.9 Å². The second-order valence-corrected chi connectivity index (χ2v) is 8.74. The van der Waals surface area contributed by atoms with Crippen LogP contribution < -0.4 is 9.64 Å². The lowest BCUT2D eigenvalue weighted by atomic mass is 9.84. The Kier molecular flexibility index (Phi) is 4.49. The maximum atomic E-state index is 6.63. The molecule has 2 aliphatic rings. The van der Waals surface area contributed by atoms with Gasteiger partial charge in [-0.3, -0.25) is 0 Å². The molecule has 0 aliphatic carbocycles. The molecule has 1 aromatic heterocycles. The number of ether oxygens (including phenoxy) is 1. The first-order valence-electron chi connectivity index (χ1n) is 10.3. The van der Waals surface area contributed by atoms with E-state index in [2.05, 4.69) is 21.0 Å². The largest absolute Gasteiger partial charge is 0.480 e. The number of anilines is 1. The topological polar surface area (TPSA) is 43.2 Å². The number of benzene rings is 3. The summed E-state index contributed by atoms with van der Waals surface area (Å²) in [5, 5.41) is 5.97. The Balaban J connectivity index is 1.65. The van der Waals surface area contributed by atoms with Gasteiger partial charge >= 0.3 is 0 Å². The zero-order valence-electron chi connectivity index (χ0n) is 17.1. The summed E-state index contributed by atoms with van der Waals surface area (Å²) < 4.78 is 8.57. The Morgan fingerprint density at radius 2 is 1.50 bits per heavy atom. The van der Waals surface area contributed by atoms with Gasteiger partial charge in [0.1, 0.15) is 24.2 Å². The summed E-state index contributed by atoms with van der Waals surface area (Å²) in [6, 6.07) is 23.6. The number of rotatable bonds is 2. The number of para-hydroxylation sites is 1. The van der Waals surface area contributed by atoms with E-state index in [9.17, 15) is 0 Å². The van der Waals surface area contributed by atoms with Crippen LogP contribution in [0.1, 0.15) is 28.8 Å². The van der Waals surface area contributed by atoms with E-state index in [0.717, 1.165) is 39.7 Å². The minimum atomic E-state index is -0.322. The zero-order valence-corrected chi connectivity index (χ0v) is 18.6. The predicted octanol–water partition coefficient (Wildman–Crippen LogP) is 6.17. The summed E-state index contributed by atoms with van der Waals surface area (Å²) in [6.45, 7) is 0. The van der Waals surface area contributed by atoms with Gasteiger partial charge in [-0.25, -0.2) is 4.68 Å². The van der Waals surface area contributed by atoms with Crippen LogP contribution >= 0.6 is 23.2 Å². The average molecular weight is 461 g/mol. The van der Waals surface area contributed by atoms with Gasteiger partial charge in [-0.2, -0.15) is 10.1 Å². The summed E-state index contributed by atoms with van der Waals surface area (Å²) in [5.41, 5.74) is 5.28. The summed E-state index contributed by atoms with van der Waals surface area (Å²) >= 11 is 12.4. The van der Waals surface area contributed by atoms with E-state index in [-0.39, 0.29) is 12.1 Å². The summed E-state index contributed by atoms with van der Waals surface area (Å²) in [6.07, 6.45) is 1.27. The molecule has 7 heteroatoms. The van der Waals surface area contributed by atoms with Gasteiger partial charge in [-0.1, -0.05) is 59.6 Å². The highest BCUT2D eigenvalue weighted by Crippen LogP contribution is 2.52. The fraction of sp³-hybridized carbons (Fsp3) is 0.120. The van der Waals surface area contributed by atoms with Gasteiger partial charge in [0, 0.05) is 28.2 Å². The highest BCUT2D eigenvalue weighted by molar-refractivity contribution is 6.30. The summed E-state index contributed by atoms with van der Waals surface area (Å²) in [7, 11) is 2.02. The first-order valence-corrected chi connectivity index (χ1v) is 11.0. The molecule has 4 aromatic rings. The van der Waals surface area contributed by atoms with E-state index >= 15 is 0 Å². The third-order valence-corrected chi connectivity index (χ3v) is 6.53. The fourth-order valence-corrected chi connectivity index (χ4v) is 4.88. The van der Waals surface area contributed by atoms with E-state index in [1.807, 2.05) is 78.5 Å². The molecule has 32 heavy (non-hydrogen) atoms. The monoisotopic (exact) mass is 460 g/mol. The SMILES string of the molecule is CN1C2=C([C@H](c3ccc(Cl)cc3)Oc3ccccc32)[C@H](c2ccc(Cl)cc2)n2ncnc21. The van der Waals surface area contributed by atoms with Gasteiger partial charge in [0.2, 0.25) is 5.95 Å². The van der Waals surface area contributed by atoms with Gasteiger partial charge in [-0.05, 0) is 47.5 Å². The van der Waals surface area contributed by atoms with Crippen LogP contribution in [0.4, 0.5) is 5.95 Å². The van der Waals surface area contributed by atoms with Crippen molar-refractivity contribution in [3.05, 3.63) is 111 Å². The number of nitrogens with zero attached hydrogens (tertiary/aromatic N) is 4. The van der Waals surface area contributed by atoms with Crippen LogP contribution in [-0.2, 0) is 0 Å². The van der Waals surface area contributed by atoms with Gasteiger partial charge < -0.3 is 9.64 Å². The van der Waals surface area contributed by atoms with E-state index in [0.29, 0.717) is 10.0 Å². The molecule has 6 rings (SSSR count). The van der Waals surface area contributed by atoms with Crippen molar-refractivity contribution in [2.75, 3.05) is 11.9 Å². The Morgan fingerprint density at radius 3 is 2.22 bits per heavy atom. The molecule has 0 spiro atoms. The van der Waals surface area contributed by atoms with E-state index in [1.54, 1.807) is 6.33 Å². The zero-order chi connectivity index (χ0) is 21.8. The van der Waals surface area contributed by atoms with Crippen molar-refractivity contribution in [1.82, 2.24) is 14.8 Å². The Hall–Kier alpha value is -3.28. The van der Waals surface area contributed by atoms with Crippen molar-refractivity contribution < 1.29 is 4.74 Å². The number of halogens is 2. The van der Waals surface area contributed by atoms with E-state index < -0.39 is 0 Å². The van der Waals surface area contributed by atoms with Crippen LogP contribution in [0.15, 0.2) is 84.7 Å². The Bertz CT molecular complexity index is 1350. The Labute approximate surface area is 195 Å². The highest BCUT2D eigenvalue weighted by atomic mass is 35.5. The first-order chi connectivity index (χ1) is 15.6. The van der Waals surface area contributed by atoms with Crippen LogP contribution in [0.25, 0.3) is 5.70 Å². The van der Waals surface area contributed by atoms with Crippen molar-refractivity contribution in [1.29, 1.82) is 0 Å². The predicted molar refractivity (Wildman–Crippen MR) is 126 cm³/mol. The molecule has 0 saturated heterocycles. The first kappa shape index (κ1) is 19.4. The van der Waals surface area contributed by atoms with Gasteiger partial charge in [0.15, 0.2) is 0 Å². The minimum Gasteiger partial charge on any atom is -0.480 e. The molecule has 2 atom stereocenters. The molecule has 0 fully saturated rings. The molecule has 2 aliphatic heterocycles. The fourth-order valence-electron chi connectivity index (χ4n) is 4.63. The minimum absolute atomic E-state index is 0.204. The standard InChI is InChI=1S/C25H18Cl2N4O/c1-30-23-19-4-2-3-5-20(19)32-24(16-8-12-18(27)13-9-16)21(23)22(31-25(30)28-14-29-31)15-6-10-17(26)11-7-15/h2-14,22,24H,1H3/t22-,24-/m0/s1. The van der Waals surface area contributed by atoms with Gasteiger partial charge in [0.05, 0.1) is 5.70 Å². The molecule has 0 N–H and O–H groups in total. The summed E-state index contributed by atoms with van der Waals surface area (Å²) in [4.78, 5) is 6.66. The third-order valence-electron chi connectivity index (χ3n) is 6.03. The quantitative estimate of drug-likeness (QED) is 0.358. The third kappa shape index (κ3) is 2.93. The molecule has 3 heterocycles. The number of hydrogen-bond acceptors (Lipinski definition) is 4. The molecule has 158 valence electrons. The van der Waals surface area contributed by atoms with E-state index in [1.165, 1.54) is 0 Å². The molecular formula is C25H18Cl2N4O. The van der Waals surface area contributed by atoms with Crippen LogP contribution in [0.5, 0.6) is 5.75 Å². The molecule has 0 unspecified atom stereocenters. The molecule has 3 aromatic carbocycles. The molecule has 0 bridgehead atoms. The maximum absolute atomic E-state index is 6.63. The van der Waals surface area contributed by atoms with Crippen LogP contribution in [0, 0.1) is 0 Å². The van der Waals surface area contributed by atoms with Crippen molar-refractivity contribution in [3.63, 3.8) is 0 Å². The van der Waals surface area contributed by atoms with Crippen molar-refractivity contribution in [2.45, 2.75) is 12.1 Å². The van der Waals surface area contributed by atoms with Crippen molar-refractivity contribution >= 4 is 34.8 Å².